The van der Waals surface area contributed by atoms with E-state index < -0.39 is 0 Å². The van der Waals surface area contributed by atoms with Crippen molar-refractivity contribution in [2.24, 2.45) is 5.73 Å². The maximum absolute atomic E-state index is 6.05. The van der Waals surface area contributed by atoms with Crippen LogP contribution in [0.3, 0.4) is 0 Å². The maximum Gasteiger partial charge on any atom is 0.0961 e. The summed E-state index contributed by atoms with van der Waals surface area (Å²) >= 11 is 0. The van der Waals surface area contributed by atoms with E-state index in [-0.39, 0.29) is 17.3 Å². The van der Waals surface area contributed by atoms with Crippen molar-refractivity contribution in [3.63, 3.8) is 0 Å². The van der Waals surface area contributed by atoms with Gasteiger partial charge in [0.25, 0.3) is 0 Å². The molecule has 2 N–H and O–H groups in total. The van der Waals surface area contributed by atoms with Gasteiger partial charge in [0, 0.05) is 32.6 Å². The minimum absolute atomic E-state index is 0.0758. The summed E-state index contributed by atoms with van der Waals surface area (Å²) in [5.41, 5.74) is 5.38. The van der Waals surface area contributed by atoms with Gasteiger partial charge < -0.3 is 19.9 Å². The van der Waals surface area contributed by atoms with Gasteiger partial charge in [0.05, 0.1) is 23.9 Å². The molecular weight excluding hydrogens is 206 g/mol. The predicted molar refractivity (Wildman–Crippen MR) is 61.4 cm³/mol. The Morgan fingerprint density at radius 2 is 2.25 bits per heavy atom. The van der Waals surface area contributed by atoms with Crippen molar-refractivity contribution in [3.8, 4) is 0 Å². The van der Waals surface area contributed by atoms with Gasteiger partial charge in [-0.05, 0) is 20.3 Å². The summed E-state index contributed by atoms with van der Waals surface area (Å²) in [6.45, 7) is 6.94. The summed E-state index contributed by atoms with van der Waals surface area (Å²) in [5, 5.41) is 0. The second-order valence-electron chi connectivity index (χ2n) is 5.53. The molecule has 0 aromatic heterocycles. The zero-order chi connectivity index (χ0) is 11.6. The van der Waals surface area contributed by atoms with Crippen molar-refractivity contribution in [2.45, 2.75) is 50.4 Å². The SMILES string of the molecule is CC(C)(CN)OC1CCOC2(CCOC2)C1. The molecule has 2 aliphatic heterocycles. The Morgan fingerprint density at radius 1 is 1.44 bits per heavy atom. The molecule has 2 saturated heterocycles. The molecule has 2 fully saturated rings. The summed E-state index contributed by atoms with van der Waals surface area (Å²) in [6.07, 6.45) is 3.16. The lowest BCUT2D eigenvalue weighted by atomic mass is 9.91. The van der Waals surface area contributed by atoms with E-state index in [0.717, 1.165) is 39.1 Å². The summed E-state index contributed by atoms with van der Waals surface area (Å²) in [5.74, 6) is 0. The van der Waals surface area contributed by atoms with E-state index in [1.165, 1.54) is 0 Å². The quantitative estimate of drug-likeness (QED) is 0.786. The lowest BCUT2D eigenvalue weighted by molar-refractivity contribution is -0.163. The fraction of sp³-hybridized carbons (Fsp3) is 1.00. The van der Waals surface area contributed by atoms with Crippen molar-refractivity contribution in [1.29, 1.82) is 0 Å². The molecule has 4 heteroatoms. The van der Waals surface area contributed by atoms with E-state index in [4.69, 9.17) is 19.9 Å². The van der Waals surface area contributed by atoms with Crippen LogP contribution < -0.4 is 5.73 Å². The average molecular weight is 229 g/mol. The highest BCUT2D eigenvalue weighted by atomic mass is 16.6. The molecule has 1 spiro atoms. The molecule has 2 unspecified atom stereocenters. The number of nitrogens with two attached hydrogens (primary N) is 1. The third-order valence-corrected chi connectivity index (χ3v) is 3.49. The van der Waals surface area contributed by atoms with E-state index in [9.17, 15) is 0 Å². The molecule has 2 rings (SSSR count). The summed E-state index contributed by atoms with van der Waals surface area (Å²) < 4.78 is 17.4. The smallest absolute Gasteiger partial charge is 0.0961 e. The maximum atomic E-state index is 6.05. The van der Waals surface area contributed by atoms with Crippen molar-refractivity contribution in [1.82, 2.24) is 0 Å². The monoisotopic (exact) mass is 229 g/mol. The highest BCUT2D eigenvalue weighted by molar-refractivity contribution is 4.91. The van der Waals surface area contributed by atoms with Crippen LogP contribution in [0, 0.1) is 0 Å². The van der Waals surface area contributed by atoms with Crippen LogP contribution in [0.25, 0.3) is 0 Å². The van der Waals surface area contributed by atoms with Crippen LogP contribution in [0.1, 0.15) is 33.1 Å². The van der Waals surface area contributed by atoms with Crippen LogP contribution in [-0.4, -0.2) is 43.7 Å². The molecular formula is C12H23NO3. The number of hydrogen-bond acceptors (Lipinski definition) is 4. The third kappa shape index (κ3) is 2.74. The molecule has 0 bridgehead atoms. The standard InChI is InChI=1S/C12H23NO3/c1-11(2,8-13)16-10-3-5-15-12(7-10)4-6-14-9-12/h10H,3-9,13H2,1-2H3. The highest BCUT2D eigenvalue weighted by Crippen LogP contribution is 2.35. The second-order valence-corrected chi connectivity index (χ2v) is 5.53. The molecule has 2 aliphatic rings. The van der Waals surface area contributed by atoms with Crippen molar-refractivity contribution in [2.75, 3.05) is 26.4 Å². The van der Waals surface area contributed by atoms with Gasteiger partial charge in [0.1, 0.15) is 0 Å². The molecule has 16 heavy (non-hydrogen) atoms. The molecule has 4 nitrogen and oxygen atoms in total. The van der Waals surface area contributed by atoms with Crippen LogP contribution in [0.5, 0.6) is 0 Å². The summed E-state index contributed by atoms with van der Waals surface area (Å²) in [4.78, 5) is 0. The summed E-state index contributed by atoms with van der Waals surface area (Å²) in [7, 11) is 0. The average Bonchev–Trinajstić information content (AvgIpc) is 2.66. The minimum Gasteiger partial charge on any atom is -0.378 e. The van der Waals surface area contributed by atoms with Gasteiger partial charge in [-0.15, -0.1) is 0 Å². The lowest BCUT2D eigenvalue weighted by Gasteiger charge is -2.40. The Labute approximate surface area is 97.4 Å². The zero-order valence-electron chi connectivity index (χ0n) is 10.3. The van der Waals surface area contributed by atoms with Crippen LogP contribution in [0.2, 0.25) is 0 Å². The fourth-order valence-corrected chi connectivity index (χ4v) is 2.45. The fourth-order valence-electron chi connectivity index (χ4n) is 2.45. The van der Waals surface area contributed by atoms with E-state index in [0.29, 0.717) is 6.54 Å². The Morgan fingerprint density at radius 3 is 2.88 bits per heavy atom. The van der Waals surface area contributed by atoms with Crippen LogP contribution in [0.4, 0.5) is 0 Å². The van der Waals surface area contributed by atoms with E-state index in [1.807, 2.05) is 13.8 Å². The van der Waals surface area contributed by atoms with Gasteiger partial charge in [-0.1, -0.05) is 0 Å². The first-order valence-corrected chi connectivity index (χ1v) is 6.15. The first-order chi connectivity index (χ1) is 7.55. The number of ether oxygens (including phenoxy) is 3. The first kappa shape index (κ1) is 12.3. The van der Waals surface area contributed by atoms with Crippen LogP contribution in [0.15, 0.2) is 0 Å². The van der Waals surface area contributed by atoms with Gasteiger partial charge in [-0.2, -0.15) is 0 Å². The van der Waals surface area contributed by atoms with Crippen molar-refractivity contribution in [3.05, 3.63) is 0 Å². The highest BCUT2D eigenvalue weighted by Gasteiger charge is 2.42. The van der Waals surface area contributed by atoms with E-state index in [2.05, 4.69) is 0 Å². The molecule has 2 heterocycles. The first-order valence-electron chi connectivity index (χ1n) is 6.15. The van der Waals surface area contributed by atoms with Crippen LogP contribution in [-0.2, 0) is 14.2 Å². The molecule has 0 aromatic carbocycles. The molecule has 0 aliphatic carbocycles. The molecule has 0 amide bonds. The second kappa shape index (κ2) is 4.61. The van der Waals surface area contributed by atoms with Gasteiger partial charge in [0.2, 0.25) is 0 Å². The van der Waals surface area contributed by atoms with E-state index >= 15 is 0 Å². The molecule has 2 atom stereocenters. The molecule has 0 radical (unpaired) electrons. The van der Waals surface area contributed by atoms with Crippen LogP contribution >= 0.6 is 0 Å². The van der Waals surface area contributed by atoms with Gasteiger partial charge in [0.15, 0.2) is 0 Å². The topological polar surface area (TPSA) is 53.7 Å². The summed E-state index contributed by atoms with van der Waals surface area (Å²) in [6, 6.07) is 0. The predicted octanol–water partition coefficient (Wildman–Crippen LogP) is 1.08. The molecule has 94 valence electrons. The lowest BCUT2D eigenvalue weighted by Crippen LogP contribution is -2.47. The molecule has 0 aromatic rings. The third-order valence-electron chi connectivity index (χ3n) is 3.49. The number of hydrogen-bond donors (Lipinski definition) is 1. The van der Waals surface area contributed by atoms with Crippen molar-refractivity contribution < 1.29 is 14.2 Å². The Bertz CT molecular complexity index is 236. The molecule has 0 saturated carbocycles. The van der Waals surface area contributed by atoms with E-state index in [1.54, 1.807) is 0 Å². The minimum atomic E-state index is -0.233. The largest absolute Gasteiger partial charge is 0.378 e. The Hall–Kier alpha value is -0.160. The van der Waals surface area contributed by atoms with Gasteiger partial charge >= 0.3 is 0 Å². The Kier molecular flexibility index (Phi) is 3.54. The van der Waals surface area contributed by atoms with Gasteiger partial charge in [-0.25, -0.2) is 0 Å². The number of rotatable bonds is 3. The van der Waals surface area contributed by atoms with Gasteiger partial charge in [-0.3, -0.25) is 0 Å². The zero-order valence-corrected chi connectivity index (χ0v) is 10.3. The van der Waals surface area contributed by atoms with Crippen molar-refractivity contribution >= 4 is 0 Å². The normalized spacial score (nSPS) is 35.8. The Balaban J connectivity index is 1.91.